The van der Waals surface area contributed by atoms with Crippen molar-refractivity contribution >= 4 is 17.2 Å². The molecule has 1 aliphatic rings. The number of hydrogen-bond acceptors (Lipinski definition) is 3. The molecule has 2 N–H and O–H groups in total. The molecule has 1 aromatic heterocycles. The Kier molecular flexibility index (Phi) is 5.84. The maximum atomic E-state index is 12.3. The van der Waals surface area contributed by atoms with E-state index in [1.165, 1.54) is 37.0 Å². The highest BCUT2D eigenvalue weighted by molar-refractivity contribution is 7.14. The fraction of sp³-hybridized carbons (Fsp3) is 0.588. The van der Waals surface area contributed by atoms with Crippen molar-refractivity contribution in [1.29, 1.82) is 0 Å². The van der Waals surface area contributed by atoms with Gasteiger partial charge in [0, 0.05) is 12.5 Å². The molecular weight excluding hydrogens is 282 g/mol. The van der Waals surface area contributed by atoms with Crippen molar-refractivity contribution < 1.29 is 9.90 Å². The Balaban J connectivity index is 1.99. The van der Waals surface area contributed by atoms with Crippen molar-refractivity contribution in [1.82, 2.24) is 5.32 Å². The van der Waals surface area contributed by atoms with Gasteiger partial charge in [-0.1, -0.05) is 24.7 Å². The van der Waals surface area contributed by atoms with Gasteiger partial charge in [-0.05, 0) is 44.2 Å². The molecule has 21 heavy (non-hydrogen) atoms. The lowest BCUT2D eigenvalue weighted by Crippen LogP contribution is -2.36. The van der Waals surface area contributed by atoms with Crippen LogP contribution in [0.5, 0.6) is 0 Å². The molecule has 1 heterocycles. The number of nitrogens with one attached hydrogen (secondary N) is 1. The molecule has 1 unspecified atom stereocenters. The van der Waals surface area contributed by atoms with Crippen molar-refractivity contribution in [3.8, 4) is 11.8 Å². The average molecular weight is 305 g/mol. The average Bonchev–Trinajstić information content (AvgIpc) is 3.09. The normalized spacial score (nSPS) is 16.3. The van der Waals surface area contributed by atoms with Crippen molar-refractivity contribution in [2.75, 3.05) is 6.61 Å². The quantitative estimate of drug-likeness (QED) is 0.840. The molecule has 1 atom stereocenters. The number of hydrogen-bond donors (Lipinski definition) is 2. The van der Waals surface area contributed by atoms with Crippen LogP contribution in [0.4, 0.5) is 0 Å². The molecule has 1 aliphatic carbocycles. The second-order valence-corrected chi connectivity index (χ2v) is 6.76. The predicted octanol–water partition coefficient (Wildman–Crippen LogP) is 3.10. The summed E-state index contributed by atoms with van der Waals surface area (Å²) in [4.78, 5) is 14.0. The summed E-state index contributed by atoms with van der Waals surface area (Å²) in [5.74, 6) is 6.57. The lowest BCUT2D eigenvalue weighted by molar-refractivity contribution is 0.0931. The van der Waals surface area contributed by atoms with Crippen LogP contribution in [-0.2, 0) is 0 Å². The van der Waals surface area contributed by atoms with Crippen LogP contribution in [0, 0.1) is 24.7 Å². The highest BCUT2D eigenvalue weighted by Crippen LogP contribution is 2.28. The molecule has 0 radical (unpaired) electrons. The molecule has 0 spiro atoms. The molecule has 1 fully saturated rings. The van der Waals surface area contributed by atoms with Crippen molar-refractivity contribution in [2.45, 2.75) is 52.0 Å². The summed E-state index contributed by atoms with van der Waals surface area (Å²) in [6.07, 6.45) is 5.49. The lowest BCUT2D eigenvalue weighted by atomic mass is 10.00. The molecule has 0 aliphatic heterocycles. The first-order chi connectivity index (χ1) is 10.1. The summed E-state index contributed by atoms with van der Waals surface area (Å²) in [5.41, 5.74) is 1.03. The van der Waals surface area contributed by atoms with Crippen LogP contribution in [0.3, 0.4) is 0 Å². The molecule has 0 bridgehead atoms. The summed E-state index contributed by atoms with van der Waals surface area (Å²) >= 11 is 1.44. The first-order valence-electron chi connectivity index (χ1n) is 7.63. The zero-order chi connectivity index (χ0) is 15.2. The predicted molar refractivity (Wildman–Crippen MR) is 86.5 cm³/mol. The molecule has 1 aromatic rings. The zero-order valence-corrected chi connectivity index (χ0v) is 13.6. The number of amides is 1. The highest BCUT2D eigenvalue weighted by Gasteiger charge is 2.23. The summed E-state index contributed by atoms with van der Waals surface area (Å²) in [6, 6.07) is 2.15. The molecule has 0 aromatic carbocycles. The van der Waals surface area contributed by atoms with E-state index in [1.807, 2.05) is 13.0 Å². The van der Waals surface area contributed by atoms with E-state index in [0.717, 1.165) is 15.3 Å². The van der Waals surface area contributed by atoms with Gasteiger partial charge >= 0.3 is 0 Å². The fourth-order valence-corrected chi connectivity index (χ4v) is 3.72. The van der Waals surface area contributed by atoms with Crippen molar-refractivity contribution in [3.63, 3.8) is 0 Å². The molecular formula is C17H23NO2S. The maximum Gasteiger partial charge on any atom is 0.261 e. The van der Waals surface area contributed by atoms with Crippen LogP contribution in [0.25, 0.3) is 0 Å². The van der Waals surface area contributed by atoms with Crippen LogP contribution in [0.1, 0.15) is 59.1 Å². The standard InChI is InChI=1S/C17H23NO2S/c1-12-11-16(21-15(12)9-5-6-10-19)17(20)18-13(2)14-7-3-4-8-14/h11,13-14,19H,3-4,6-8,10H2,1-2H3,(H,18,20). The van der Waals surface area contributed by atoms with Gasteiger partial charge in [0.05, 0.1) is 16.4 Å². The van der Waals surface area contributed by atoms with E-state index in [2.05, 4.69) is 24.1 Å². The van der Waals surface area contributed by atoms with Gasteiger partial charge in [-0.15, -0.1) is 11.3 Å². The first kappa shape index (κ1) is 16.1. The second-order valence-electron chi connectivity index (χ2n) is 5.70. The van der Waals surface area contributed by atoms with E-state index < -0.39 is 0 Å². The van der Waals surface area contributed by atoms with Gasteiger partial charge in [0.15, 0.2) is 0 Å². The Morgan fingerprint density at radius 3 is 2.90 bits per heavy atom. The highest BCUT2D eigenvalue weighted by atomic mass is 32.1. The molecule has 114 valence electrons. The topological polar surface area (TPSA) is 49.3 Å². The second kappa shape index (κ2) is 7.63. The molecule has 3 nitrogen and oxygen atoms in total. The van der Waals surface area contributed by atoms with E-state index in [-0.39, 0.29) is 18.6 Å². The monoisotopic (exact) mass is 305 g/mol. The Morgan fingerprint density at radius 2 is 2.24 bits per heavy atom. The Hall–Kier alpha value is -1.31. The van der Waals surface area contributed by atoms with Gasteiger partial charge in [-0.3, -0.25) is 4.79 Å². The van der Waals surface area contributed by atoms with E-state index >= 15 is 0 Å². The molecule has 1 saturated carbocycles. The third kappa shape index (κ3) is 4.33. The van der Waals surface area contributed by atoms with Gasteiger partial charge < -0.3 is 10.4 Å². The van der Waals surface area contributed by atoms with Crippen LogP contribution in [0.2, 0.25) is 0 Å². The third-order valence-electron chi connectivity index (χ3n) is 4.05. The minimum atomic E-state index is 0.0118. The van der Waals surface area contributed by atoms with E-state index in [4.69, 9.17) is 5.11 Å². The van der Waals surface area contributed by atoms with Crippen LogP contribution in [-0.4, -0.2) is 23.7 Å². The number of thiophene rings is 1. The lowest BCUT2D eigenvalue weighted by Gasteiger charge is -2.19. The minimum Gasteiger partial charge on any atom is -0.395 e. The Bertz CT molecular complexity index is 547. The van der Waals surface area contributed by atoms with E-state index in [0.29, 0.717) is 12.3 Å². The fourth-order valence-electron chi connectivity index (χ4n) is 2.77. The molecule has 2 rings (SSSR count). The number of aliphatic hydroxyl groups is 1. The summed E-state index contributed by atoms with van der Waals surface area (Å²) in [5, 5.41) is 11.9. The Morgan fingerprint density at radius 1 is 1.52 bits per heavy atom. The summed E-state index contributed by atoms with van der Waals surface area (Å²) in [6.45, 7) is 4.15. The van der Waals surface area contributed by atoms with E-state index in [1.54, 1.807) is 0 Å². The van der Waals surface area contributed by atoms with Gasteiger partial charge in [-0.2, -0.15) is 0 Å². The SMILES string of the molecule is Cc1cc(C(=O)NC(C)C2CCCC2)sc1C#CCCO. The molecule has 0 saturated heterocycles. The van der Waals surface area contributed by atoms with E-state index in [9.17, 15) is 4.79 Å². The van der Waals surface area contributed by atoms with Crippen molar-refractivity contribution in [3.05, 3.63) is 21.4 Å². The number of carbonyl (C=O) groups excluding carboxylic acids is 1. The molecule has 1 amide bonds. The van der Waals surface area contributed by atoms with Crippen LogP contribution < -0.4 is 5.32 Å². The smallest absolute Gasteiger partial charge is 0.261 e. The summed E-state index contributed by atoms with van der Waals surface area (Å²) in [7, 11) is 0. The zero-order valence-electron chi connectivity index (χ0n) is 12.7. The minimum absolute atomic E-state index is 0.0118. The summed E-state index contributed by atoms with van der Waals surface area (Å²) < 4.78 is 0. The number of aryl methyl sites for hydroxylation is 1. The molecule has 4 heteroatoms. The largest absolute Gasteiger partial charge is 0.395 e. The number of aliphatic hydroxyl groups excluding tert-OH is 1. The van der Waals surface area contributed by atoms with Gasteiger partial charge in [0.25, 0.3) is 5.91 Å². The third-order valence-corrected chi connectivity index (χ3v) is 5.20. The van der Waals surface area contributed by atoms with Gasteiger partial charge in [0.1, 0.15) is 0 Å². The van der Waals surface area contributed by atoms with Crippen LogP contribution >= 0.6 is 11.3 Å². The number of rotatable bonds is 4. The van der Waals surface area contributed by atoms with Gasteiger partial charge in [-0.25, -0.2) is 0 Å². The van der Waals surface area contributed by atoms with Crippen LogP contribution in [0.15, 0.2) is 6.07 Å². The number of carbonyl (C=O) groups is 1. The first-order valence-corrected chi connectivity index (χ1v) is 8.44. The maximum absolute atomic E-state index is 12.3. The van der Waals surface area contributed by atoms with Crippen molar-refractivity contribution in [2.24, 2.45) is 5.92 Å². The van der Waals surface area contributed by atoms with Gasteiger partial charge in [0.2, 0.25) is 0 Å². The Labute approximate surface area is 130 Å².